The first-order chi connectivity index (χ1) is 11.3. The van der Waals surface area contributed by atoms with Crippen LogP contribution in [0.4, 0.5) is 0 Å². The number of unbranched alkanes of at least 4 members (excludes halogenated alkanes) is 1. The third kappa shape index (κ3) is 7.42. The smallest absolute Gasteiger partial charge is 0.451 e. The van der Waals surface area contributed by atoms with Gasteiger partial charge in [-0.05, 0) is 31.3 Å². The van der Waals surface area contributed by atoms with Crippen LogP contribution in [-0.4, -0.2) is 52.0 Å². The van der Waals surface area contributed by atoms with Crippen molar-refractivity contribution in [1.82, 2.24) is 5.32 Å². The fraction of sp³-hybridized carbons (Fsp3) is 0.562. The van der Waals surface area contributed by atoms with Crippen molar-refractivity contribution < 1.29 is 25.1 Å². The van der Waals surface area contributed by atoms with E-state index in [1.54, 1.807) is 0 Å². The van der Waals surface area contributed by atoms with Crippen LogP contribution < -0.4 is 11.1 Å². The monoisotopic (exact) mass is 338 g/mol. The SMILES string of the molecule is NC(CCCCB(O)O)(CCNCC(O)c1ccccc1)C(=O)O. The molecule has 0 heterocycles. The molecule has 0 saturated heterocycles. The molecule has 134 valence electrons. The Balaban J connectivity index is 2.33. The summed E-state index contributed by atoms with van der Waals surface area (Å²) < 4.78 is 0. The number of nitrogens with one attached hydrogen (secondary N) is 1. The minimum absolute atomic E-state index is 0.206. The first-order valence-electron chi connectivity index (χ1n) is 8.17. The molecular formula is C16H27BN2O5. The molecule has 24 heavy (non-hydrogen) atoms. The highest BCUT2D eigenvalue weighted by Gasteiger charge is 2.32. The Morgan fingerprint density at radius 2 is 1.88 bits per heavy atom. The lowest BCUT2D eigenvalue weighted by molar-refractivity contribution is -0.143. The minimum atomic E-state index is -1.37. The number of aliphatic hydroxyl groups is 1. The highest BCUT2D eigenvalue weighted by molar-refractivity contribution is 6.40. The molecule has 2 unspecified atom stereocenters. The Morgan fingerprint density at radius 3 is 2.46 bits per heavy atom. The molecule has 0 radical (unpaired) electrons. The van der Waals surface area contributed by atoms with Gasteiger partial charge in [0.25, 0.3) is 0 Å². The summed E-state index contributed by atoms with van der Waals surface area (Å²) in [4.78, 5) is 11.4. The van der Waals surface area contributed by atoms with E-state index in [4.69, 9.17) is 15.8 Å². The molecule has 0 saturated carbocycles. The fourth-order valence-corrected chi connectivity index (χ4v) is 2.45. The number of hydrogen-bond donors (Lipinski definition) is 6. The van der Waals surface area contributed by atoms with Crippen molar-refractivity contribution >= 4 is 13.1 Å². The maximum Gasteiger partial charge on any atom is 0.451 e. The standard InChI is InChI=1S/C16H27BN2O5/c18-16(15(21)22,8-4-5-10-17(23)24)9-11-19-12-14(20)13-6-2-1-3-7-13/h1-3,6-7,14,19-20,23-24H,4-5,8-12,18H2,(H,21,22). The number of carbonyl (C=O) groups is 1. The van der Waals surface area contributed by atoms with E-state index < -0.39 is 24.7 Å². The second kappa shape index (κ2) is 10.4. The normalized spacial score (nSPS) is 14.8. The molecule has 2 atom stereocenters. The Kier molecular flexibility index (Phi) is 8.95. The average Bonchev–Trinajstić information content (AvgIpc) is 2.56. The molecule has 0 amide bonds. The van der Waals surface area contributed by atoms with Crippen molar-refractivity contribution in [2.45, 2.75) is 43.6 Å². The Hall–Kier alpha value is -1.45. The van der Waals surface area contributed by atoms with Gasteiger partial charge in [-0.3, -0.25) is 4.79 Å². The number of carboxylic acid groups (broad SMARTS) is 1. The van der Waals surface area contributed by atoms with E-state index in [2.05, 4.69) is 5.32 Å². The summed E-state index contributed by atoms with van der Waals surface area (Å²) >= 11 is 0. The van der Waals surface area contributed by atoms with Gasteiger partial charge in [0.2, 0.25) is 0 Å². The maximum absolute atomic E-state index is 11.4. The number of nitrogens with two attached hydrogens (primary N) is 1. The zero-order valence-electron chi connectivity index (χ0n) is 13.8. The molecule has 0 aliphatic carbocycles. The molecule has 0 aliphatic heterocycles. The highest BCUT2D eigenvalue weighted by atomic mass is 16.4. The van der Waals surface area contributed by atoms with Gasteiger partial charge in [-0.2, -0.15) is 0 Å². The molecule has 0 aromatic heterocycles. The topological polar surface area (TPSA) is 136 Å². The van der Waals surface area contributed by atoms with Crippen LogP contribution in [0.3, 0.4) is 0 Å². The summed E-state index contributed by atoms with van der Waals surface area (Å²) in [6.07, 6.45) is 1.05. The van der Waals surface area contributed by atoms with Crippen LogP contribution >= 0.6 is 0 Å². The highest BCUT2D eigenvalue weighted by Crippen LogP contribution is 2.17. The molecule has 0 bridgehead atoms. The van der Waals surface area contributed by atoms with Gasteiger partial charge in [-0.25, -0.2) is 0 Å². The lowest BCUT2D eigenvalue weighted by atomic mass is 9.81. The molecule has 0 spiro atoms. The van der Waals surface area contributed by atoms with Crippen LogP contribution in [0, 0.1) is 0 Å². The molecule has 1 aromatic carbocycles. The van der Waals surface area contributed by atoms with Crippen molar-refractivity contribution in [3.8, 4) is 0 Å². The lowest BCUT2D eigenvalue weighted by Crippen LogP contribution is -2.50. The zero-order valence-corrected chi connectivity index (χ0v) is 13.8. The predicted octanol–water partition coefficient (Wildman–Crippen LogP) is 0.125. The van der Waals surface area contributed by atoms with Gasteiger partial charge in [0.05, 0.1) is 6.10 Å². The van der Waals surface area contributed by atoms with Crippen LogP contribution in [-0.2, 0) is 4.79 Å². The molecule has 7 nitrogen and oxygen atoms in total. The predicted molar refractivity (Wildman–Crippen MR) is 92.3 cm³/mol. The number of hydrogen-bond acceptors (Lipinski definition) is 6. The summed E-state index contributed by atoms with van der Waals surface area (Å²) in [6.45, 7) is 0.686. The van der Waals surface area contributed by atoms with E-state index in [0.29, 0.717) is 25.9 Å². The van der Waals surface area contributed by atoms with E-state index in [-0.39, 0.29) is 19.2 Å². The first-order valence-corrected chi connectivity index (χ1v) is 8.17. The first kappa shape index (κ1) is 20.6. The number of aliphatic hydroxyl groups excluding tert-OH is 1. The van der Waals surface area contributed by atoms with E-state index in [9.17, 15) is 15.0 Å². The van der Waals surface area contributed by atoms with E-state index in [1.165, 1.54) is 0 Å². The molecule has 1 aromatic rings. The van der Waals surface area contributed by atoms with Crippen molar-refractivity contribution in [3.05, 3.63) is 35.9 Å². The van der Waals surface area contributed by atoms with Crippen molar-refractivity contribution in [1.29, 1.82) is 0 Å². The Morgan fingerprint density at radius 1 is 1.21 bits per heavy atom. The summed E-state index contributed by atoms with van der Waals surface area (Å²) in [5, 5.41) is 40.0. The van der Waals surface area contributed by atoms with Gasteiger partial charge in [0.1, 0.15) is 5.54 Å². The Labute approximate surface area is 142 Å². The van der Waals surface area contributed by atoms with E-state index >= 15 is 0 Å². The summed E-state index contributed by atoms with van der Waals surface area (Å²) in [6, 6.07) is 9.21. The third-order valence-electron chi connectivity index (χ3n) is 4.03. The molecule has 0 aliphatic rings. The molecule has 1 rings (SSSR count). The van der Waals surface area contributed by atoms with Crippen LogP contribution in [0.25, 0.3) is 0 Å². The number of aliphatic carboxylic acids is 1. The van der Waals surface area contributed by atoms with Crippen LogP contribution in [0.1, 0.15) is 37.4 Å². The van der Waals surface area contributed by atoms with Gasteiger partial charge < -0.3 is 31.3 Å². The van der Waals surface area contributed by atoms with Gasteiger partial charge in [-0.1, -0.05) is 43.2 Å². The third-order valence-corrected chi connectivity index (χ3v) is 4.03. The summed E-state index contributed by atoms with van der Waals surface area (Å²) in [5.41, 5.74) is 5.40. The molecule has 0 fully saturated rings. The lowest BCUT2D eigenvalue weighted by Gasteiger charge is -2.25. The van der Waals surface area contributed by atoms with Gasteiger partial charge in [-0.15, -0.1) is 0 Å². The van der Waals surface area contributed by atoms with Crippen LogP contribution in [0.2, 0.25) is 6.32 Å². The molecular weight excluding hydrogens is 311 g/mol. The van der Waals surface area contributed by atoms with Crippen molar-refractivity contribution in [2.24, 2.45) is 5.73 Å². The van der Waals surface area contributed by atoms with Crippen molar-refractivity contribution in [2.75, 3.05) is 13.1 Å². The minimum Gasteiger partial charge on any atom is -0.480 e. The van der Waals surface area contributed by atoms with Crippen LogP contribution in [0.5, 0.6) is 0 Å². The summed E-state index contributed by atoms with van der Waals surface area (Å²) in [7, 11) is -1.37. The van der Waals surface area contributed by atoms with Gasteiger partial charge in [0.15, 0.2) is 0 Å². The van der Waals surface area contributed by atoms with Crippen LogP contribution in [0.15, 0.2) is 30.3 Å². The largest absolute Gasteiger partial charge is 0.480 e. The number of carboxylic acids is 1. The average molecular weight is 338 g/mol. The maximum atomic E-state index is 11.4. The quantitative estimate of drug-likeness (QED) is 0.235. The molecule has 7 N–H and O–H groups in total. The number of rotatable bonds is 12. The second-order valence-electron chi connectivity index (χ2n) is 6.07. The molecule has 8 heteroatoms. The van der Waals surface area contributed by atoms with E-state index in [0.717, 1.165) is 5.56 Å². The van der Waals surface area contributed by atoms with E-state index in [1.807, 2.05) is 30.3 Å². The summed E-state index contributed by atoms with van der Waals surface area (Å²) in [5.74, 6) is -1.07. The second-order valence-corrected chi connectivity index (χ2v) is 6.07. The van der Waals surface area contributed by atoms with Gasteiger partial charge >= 0.3 is 13.1 Å². The van der Waals surface area contributed by atoms with Crippen molar-refractivity contribution in [3.63, 3.8) is 0 Å². The Bertz CT molecular complexity index is 489. The number of benzene rings is 1. The van der Waals surface area contributed by atoms with Gasteiger partial charge in [0, 0.05) is 6.54 Å². The zero-order chi connectivity index (χ0) is 18.0. The fourth-order valence-electron chi connectivity index (χ4n) is 2.45.